The van der Waals surface area contributed by atoms with Crippen LogP contribution >= 0.6 is 11.6 Å². The molecule has 0 aliphatic carbocycles. The molecular formula is C21H27ClN2O2. The Kier molecular flexibility index (Phi) is 7.92. The van der Waals surface area contributed by atoms with Crippen molar-refractivity contribution in [2.24, 2.45) is 4.99 Å². The van der Waals surface area contributed by atoms with E-state index < -0.39 is 0 Å². The van der Waals surface area contributed by atoms with Crippen molar-refractivity contribution in [3.63, 3.8) is 0 Å². The molecule has 1 saturated heterocycles. The van der Waals surface area contributed by atoms with Crippen molar-refractivity contribution in [2.45, 2.75) is 45.1 Å². The second kappa shape index (κ2) is 10.2. The van der Waals surface area contributed by atoms with Gasteiger partial charge in [-0.15, -0.1) is 0 Å². The Balaban J connectivity index is 2.37. The van der Waals surface area contributed by atoms with Crippen LogP contribution in [-0.2, 0) is 9.53 Å². The van der Waals surface area contributed by atoms with Crippen molar-refractivity contribution < 1.29 is 9.53 Å². The summed E-state index contributed by atoms with van der Waals surface area (Å²) in [5, 5.41) is 0.643. The smallest absolute Gasteiger partial charge is 0.223 e. The summed E-state index contributed by atoms with van der Waals surface area (Å²) in [6.07, 6.45) is 7.84. The quantitative estimate of drug-likeness (QED) is 0.395. The SMILES string of the molecule is C=C/C=C(/N=C(OC)C1CCCCN1C(=O)CCC)c1cccc(Cl)c1. The minimum Gasteiger partial charge on any atom is -0.483 e. The van der Waals surface area contributed by atoms with Crippen LogP contribution in [-0.4, -0.2) is 36.4 Å². The lowest BCUT2D eigenvalue weighted by Gasteiger charge is -2.35. The zero-order valence-corrected chi connectivity index (χ0v) is 16.3. The molecule has 0 bridgehead atoms. The Hall–Kier alpha value is -2.07. The fourth-order valence-corrected chi connectivity index (χ4v) is 3.37. The number of likely N-dealkylation sites (tertiary alicyclic amines) is 1. The monoisotopic (exact) mass is 374 g/mol. The van der Waals surface area contributed by atoms with Crippen LogP contribution in [0.3, 0.4) is 0 Å². The molecule has 140 valence electrons. The fourth-order valence-electron chi connectivity index (χ4n) is 3.18. The Morgan fingerprint density at radius 1 is 1.46 bits per heavy atom. The van der Waals surface area contributed by atoms with E-state index in [4.69, 9.17) is 21.3 Å². The van der Waals surface area contributed by atoms with Crippen molar-refractivity contribution in [1.29, 1.82) is 0 Å². The summed E-state index contributed by atoms with van der Waals surface area (Å²) >= 11 is 6.12. The molecule has 1 heterocycles. The third-order valence-corrected chi connectivity index (χ3v) is 4.64. The van der Waals surface area contributed by atoms with E-state index in [2.05, 4.69) is 6.58 Å². The number of benzene rings is 1. The molecule has 0 radical (unpaired) electrons. The first-order chi connectivity index (χ1) is 12.6. The lowest BCUT2D eigenvalue weighted by molar-refractivity contribution is -0.133. The van der Waals surface area contributed by atoms with Gasteiger partial charge < -0.3 is 9.64 Å². The van der Waals surface area contributed by atoms with Gasteiger partial charge in [-0.3, -0.25) is 4.79 Å². The van der Waals surface area contributed by atoms with Gasteiger partial charge in [-0.05, 0) is 43.9 Å². The highest BCUT2D eigenvalue weighted by molar-refractivity contribution is 6.30. The number of ether oxygens (including phenoxy) is 1. The van der Waals surface area contributed by atoms with E-state index in [1.54, 1.807) is 13.2 Å². The van der Waals surface area contributed by atoms with Crippen LogP contribution in [0.25, 0.3) is 5.70 Å². The van der Waals surface area contributed by atoms with Crippen molar-refractivity contribution >= 4 is 29.1 Å². The minimum absolute atomic E-state index is 0.125. The van der Waals surface area contributed by atoms with Gasteiger partial charge in [-0.1, -0.05) is 43.3 Å². The summed E-state index contributed by atoms with van der Waals surface area (Å²) in [6, 6.07) is 7.38. The molecule has 1 unspecified atom stereocenters. The van der Waals surface area contributed by atoms with E-state index in [1.165, 1.54) is 0 Å². The predicted molar refractivity (Wildman–Crippen MR) is 108 cm³/mol. The van der Waals surface area contributed by atoms with Crippen LogP contribution in [0.4, 0.5) is 0 Å². The van der Waals surface area contributed by atoms with Gasteiger partial charge in [-0.25, -0.2) is 4.99 Å². The number of amides is 1. The maximum Gasteiger partial charge on any atom is 0.223 e. The highest BCUT2D eigenvalue weighted by Crippen LogP contribution is 2.24. The predicted octanol–water partition coefficient (Wildman–Crippen LogP) is 5.09. The Labute approximate surface area is 161 Å². The molecule has 0 spiro atoms. The number of carbonyl (C=O) groups excluding carboxylic acids is 1. The Morgan fingerprint density at radius 2 is 2.27 bits per heavy atom. The van der Waals surface area contributed by atoms with E-state index in [0.29, 0.717) is 23.0 Å². The molecule has 1 fully saturated rings. The Bertz CT molecular complexity index is 697. The van der Waals surface area contributed by atoms with Gasteiger partial charge in [0.25, 0.3) is 0 Å². The largest absolute Gasteiger partial charge is 0.483 e. The van der Waals surface area contributed by atoms with Crippen LogP contribution in [0.2, 0.25) is 5.02 Å². The third kappa shape index (κ3) is 5.21. The van der Waals surface area contributed by atoms with Gasteiger partial charge in [0.05, 0.1) is 12.8 Å². The van der Waals surface area contributed by atoms with E-state index >= 15 is 0 Å². The van der Waals surface area contributed by atoms with Gasteiger partial charge in [0.15, 0.2) is 0 Å². The van der Waals surface area contributed by atoms with Gasteiger partial charge >= 0.3 is 0 Å². The first kappa shape index (κ1) is 20.2. The maximum atomic E-state index is 12.5. The van der Waals surface area contributed by atoms with Crippen LogP contribution in [0.5, 0.6) is 0 Å². The molecule has 4 nitrogen and oxygen atoms in total. The number of carbonyl (C=O) groups is 1. The van der Waals surface area contributed by atoms with E-state index in [1.807, 2.05) is 42.2 Å². The first-order valence-corrected chi connectivity index (χ1v) is 9.49. The summed E-state index contributed by atoms with van der Waals surface area (Å²) in [5.41, 5.74) is 1.60. The van der Waals surface area contributed by atoms with E-state index in [9.17, 15) is 4.79 Å². The zero-order chi connectivity index (χ0) is 18.9. The van der Waals surface area contributed by atoms with Gasteiger partial charge in [0, 0.05) is 23.6 Å². The summed E-state index contributed by atoms with van der Waals surface area (Å²) in [7, 11) is 1.61. The third-order valence-electron chi connectivity index (χ3n) is 4.41. The van der Waals surface area contributed by atoms with E-state index in [0.717, 1.165) is 37.8 Å². The van der Waals surface area contributed by atoms with Gasteiger partial charge in [0.2, 0.25) is 11.8 Å². The number of hydrogen-bond acceptors (Lipinski definition) is 3. The van der Waals surface area contributed by atoms with Crippen LogP contribution in [0, 0.1) is 0 Å². The summed E-state index contributed by atoms with van der Waals surface area (Å²) in [4.78, 5) is 19.2. The van der Waals surface area contributed by atoms with Crippen LogP contribution < -0.4 is 0 Å². The maximum absolute atomic E-state index is 12.5. The Morgan fingerprint density at radius 3 is 2.92 bits per heavy atom. The summed E-state index contributed by atoms with van der Waals surface area (Å²) < 4.78 is 5.62. The number of rotatable bonds is 6. The molecule has 5 heteroatoms. The average molecular weight is 375 g/mol. The zero-order valence-electron chi connectivity index (χ0n) is 15.6. The van der Waals surface area contributed by atoms with Crippen molar-refractivity contribution in [1.82, 2.24) is 4.90 Å². The van der Waals surface area contributed by atoms with Crippen molar-refractivity contribution in [2.75, 3.05) is 13.7 Å². The summed E-state index contributed by atoms with van der Waals surface area (Å²) in [6.45, 7) is 6.55. The number of allylic oxidation sites excluding steroid dienone is 2. The van der Waals surface area contributed by atoms with Crippen LogP contribution in [0.1, 0.15) is 44.6 Å². The van der Waals surface area contributed by atoms with E-state index in [-0.39, 0.29) is 11.9 Å². The normalized spacial score (nSPS) is 18.6. The molecule has 0 N–H and O–H groups in total. The average Bonchev–Trinajstić information content (AvgIpc) is 2.65. The number of piperidine rings is 1. The minimum atomic E-state index is -0.125. The number of nitrogens with zero attached hydrogens (tertiary/aromatic N) is 2. The van der Waals surface area contributed by atoms with Gasteiger partial charge in [-0.2, -0.15) is 0 Å². The summed E-state index contributed by atoms with van der Waals surface area (Å²) in [5.74, 6) is 0.723. The lowest BCUT2D eigenvalue weighted by Crippen LogP contribution is -2.48. The molecule has 0 saturated carbocycles. The highest BCUT2D eigenvalue weighted by atomic mass is 35.5. The molecular weight excluding hydrogens is 348 g/mol. The molecule has 1 amide bonds. The molecule has 1 aromatic carbocycles. The van der Waals surface area contributed by atoms with Crippen molar-refractivity contribution in [3.05, 3.63) is 53.6 Å². The fraction of sp³-hybridized carbons (Fsp3) is 0.429. The number of halogens is 1. The van der Waals surface area contributed by atoms with Crippen molar-refractivity contribution in [3.8, 4) is 0 Å². The first-order valence-electron chi connectivity index (χ1n) is 9.11. The number of aliphatic imine (C=N–C) groups is 1. The molecule has 0 aromatic heterocycles. The molecule has 1 atom stereocenters. The molecule has 1 aliphatic rings. The second-order valence-corrected chi connectivity index (χ2v) is 6.74. The van der Waals surface area contributed by atoms with Crippen LogP contribution in [0.15, 0.2) is 48.0 Å². The topological polar surface area (TPSA) is 41.9 Å². The molecule has 26 heavy (non-hydrogen) atoms. The molecule has 2 rings (SSSR count). The van der Waals surface area contributed by atoms with Gasteiger partial charge in [0.1, 0.15) is 6.04 Å². The second-order valence-electron chi connectivity index (χ2n) is 6.30. The highest BCUT2D eigenvalue weighted by Gasteiger charge is 2.31. The number of methoxy groups -OCH3 is 1. The molecule has 1 aliphatic heterocycles. The number of hydrogen-bond donors (Lipinski definition) is 0. The lowest BCUT2D eigenvalue weighted by atomic mass is 10.0. The standard InChI is InChI=1S/C21H27ClN2O2/c1-4-9-18(16-11-8-12-17(22)15-16)23-21(26-3)19-13-6-7-14-24(19)20(25)10-5-2/h4,8-9,11-12,15,19H,1,5-7,10,13-14H2,2-3H3/b18-9+,23-21?. The molecule has 1 aromatic rings.